The third-order valence-electron chi connectivity index (χ3n) is 4.34. The summed E-state index contributed by atoms with van der Waals surface area (Å²) in [5.74, 6) is 3.38. The van der Waals surface area contributed by atoms with Crippen LogP contribution in [0.5, 0.6) is 0 Å². The molecule has 0 radical (unpaired) electrons. The first-order valence-electron chi connectivity index (χ1n) is 10.0. The highest BCUT2D eigenvalue weighted by Crippen LogP contribution is 2.23. The van der Waals surface area contributed by atoms with Gasteiger partial charge < -0.3 is 10.1 Å². The van der Waals surface area contributed by atoms with Crippen LogP contribution in [0.2, 0.25) is 19.6 Å². The summed E-state index contributed by atoms with van der Waals surface area (Å²) in [6.07, 6.45) is -0.436. The van der Waals surface area contributed by atoms with Crippen LogP contribution in [0.25, 0.3) is 0 Å². The van der Waals surface area contributed by atoms with E-state index in [1.165, 1.54) is 11.1 Å². The third kappa shape index (κ3) is 7.67. The second-order valence-corrected chi connectivity index (χ2v) is 14.2. The molecule has 0 saturated carbocycles. The normalized spacial score (nSPS) is 15.5. The van der Waals surface area contributed by atoms with Crippen molar-refractivity contribution in [3.8, 4) is 11.5 Å². The maximum Gasteiger partial charge on any atom is 0.412 e. The van der Waals surface area contributed by atoms with Gasteiger partial charge in [0.15, 0.2) is 0 Å². The van der Waals surface area contributed by atoms with Gasteiger partial charge in [-0.1, -0.05) is 25.6 Å². The van der Waals surface area contributed by atoms with Gasteiger partial charge in [0.25, 0.3) is 0 Å². The lowest BCUT2D eigenvalue weighted by atomic mass is 10.0. The van der Waals surface area contributed by atoms with Crippen molar-refractivity contribution >= 4 is 19.9 Å². The van der Waals surface area contributed by atoms with Crippen molar-refractivity contribution in [1.29, 1.82) is 0 Å². The lowest BCUT2D eigenvalue weighted by Gasteiger charge is -2.28. The minimum atomic E-state index is -1.50. The first-order chi connectivity index (χ1) is 12.9. The summed E-state index contributed by atoms with van der Waals surface area (Å²) in [7, 11) is -1.50. The van der Waals surface area contributed by atoms with Gasteiger partial charge >= 0.3 is 6.09 Å². The minimum Gasteiger partial charge on any atom is -0.444 e. The number of rotatable bonds is 3. The quantitative estimate of drug-likeness (QED) is 0.594. The predicted molar refractivity (Wildman–Crippen MR) is 119 cm³/mol. The highest BCUT2D eigenvalue weighted by molar-refractivity contribution is 6.83. The number of ether oxygens (including phenoxy) is 1. The van der Waals surface area contributed by atoms with Crippen molar-refractivity contribution in [2.75, 3.05) is 31.5 Å². The minimum absolute atomic E-state index is 0.436. The predicted octanol–water partition coefficient (Wildman–Crippen LogP) is 3.98. The van der Waals surface area contributed by atoms with Crippen LogP contribution in [0.1, 0.15) is 37.5 Å². The molecule has 5 nitrogen and oxygen atoms in total. The van der Waals surface area contributed by atoms with Crippen LogP contribution in [0.15, 0.2) is 12.1 Å². The monoisotopic (exact) mass is 401 g/mol. The molecule has 0 bridgehead atoms. The van der Waals surface area contributed by atoms with Gasteiger partial charge in [-0.25, -0.2) is 4.79 Å². The molecule has 0 aromatic heterocycles. The third-order valence-corrected chi connectivity index (χ3v) is 5.21. The van der Waals surface area contributed by atoms with Crippen molar-refractivity contribution in [2.24, 2.45) is 0 Å². The van der Waals surface area contributed by atoms with Crippen molar-refractivity contribution in [3.05, 3.63) is 28.8 Å². The molecule has 0 unspecified atom stereocenters. The van der Waals surface area contributed by atoms with Crippen LogP contribution in [0.3, 0.4) is 0 Å². The molecule has 1 aliphatic rings. The summed E-state index contributed by atoms with van der Waals surface area (Å²) in [6.45, 7) is 19.4. The standard InChI is InChI=1S/C22H35N3O2Si/c1-17-18(8-13-28(5,6)7)14-20(24-21(26)27-22(2,3)4)15-19(17)16-25-11-9-23-10-12-25/h14-15,23H,9-12,16H2,1-7H3,(H,24,26). The molecule has 1 fully saturated rings. The summed E-state index contributed by atoms with van der Waals surface area (Å²) in [4.78, 5) is 14.7. The van der Waals surface area contributed by atoms with E-state index >= 15 is 0 Å². The SMILES string of the molecule is Cc1c(C#C[Si](C)(C)C)cc(NC(=O)OC(C)(C)C)cc1CN1CCNCC1. The number of nitrogens with zero attached hydrogens (tertiary/aromatic N) is 1. The van der Waals surface area contributed by atoms with Crippen LogP contribution in [0, 0.1) is 18.4 Å². The Kier molecular flexibility index (Phi) is 7.32. The molecule has 154 valence electrons. The summed E-state index contributed by atoms with van der Waals surface area (Å²) >= 11 is 0. The average Bonchev–Trinajstić information content (AvgIpc) is 2.54. The lowest BCUT2D eigenvalue weighted by Crippen LogP contribution is -2.43. The first kappa shape index (κ1) is 22.5. The van der Waals surface area contributed by atoms with E-state index in [1.54, 1.807) is 0 Å². The topological polar surface area (TPSA) is 53.6 Å². The van der Waals surface area contributed by atoms with E-state index in [2.05, 4.69) is 59.6 Å². The molecule has 0 atom stereocenters. The van der Waals surface area contributed by atoms with Crippen molar-refractivity contribution in [1.82, 2.24) is 10.2 Å². The Labute approximate surface area is 171 Å². The Balaban J connectivity index is 2.33. The molecule has 2 rings (SSSR count). The van der Waals surface area contributed by atoms with Crippen molar-refractivity contribution in [3.63, 3.8) is 0 Å². The molecule has 2 N–H and O–H groups in total. The van der Waals surface area contributed by atoms with E-state index in [-0.39, 0.29) is 0 Å². The molecule has 1 aromatic carbocycles. The molecule has 1 heterocycles. The fraction of sp³-hybridized carbons (Fsp3) is 0.591. The van der Waals surface area contributed by atoms with E-state index in [0.29, 0.717) is 0 Å². The second-order valence-electron chi connectivity index (χ2n) is 9.46. The largest absolute Gasteiger partial charge is 0.444 e. The Morgan fingerprint density at radius 3 is 2.46 bits per heavy atom. The maximum atomic E-state index is 12.3. The molecular formula is C22H35N3O2Si. The van der Waals surface area contributed by atoms with E-state index in [1.807, 2.05) is 26.8 Å². The Morgan fingerprint density at radius 2 is 1.89 bits per heavy atom. The van der Waals surface area contributed by atoms with E-state index in [0.717, 1.165) is 44.0 Å². The fourth-order valence-electron chi connectivity index (χ4n) is 2.93. The maximum absolute atomic E-state index is 12.3. The number of amides is 1. The zero-order chi connectivity index (χ0) is 20.9. The first-order valence-corrected chi connectivity index (χ1v) is 13.5. The number of carbonyl (C=O) groups excluding carboxylic acids is 1. The smallest absolute Gasteiger partial charge is 0.412 e. The van der Waals surface area contributed by atoms with Crippen LogP contribution < -0.4 is 10.6 Å². The van der Waals surface area contributed by atoms with Crippen molar-refractivity contribution < 1.29 is 9.53 Å². The van der Waals surface area contributed by atoms with Crippen LogP contribution in [0.4, 0.5) is 10.5 Å². The van der Waals surface area contributed by atoms with Gasteiger partial charge in [0.05, 0.1) is 0 Å². The molecule has 1 saturated heterocycles. The Bertz CT molecular complexity index is 761. The van der Waals surface area contributed by atoms with Gasteiger partial charge in [-0.15, -0.1) is 5.54 Å². The highest BCUT2D eigenvalue weighted by atomic mass is 28.3. The average molecular weight is 402 g/mol. The summed E-state index contributed by atoms with van der Waals surface area (Å²) < 4.78 is 5.42. The molecular weight excluding hydrogens is 366 g/mol. The fourth-order valence-corrected chi connectivity index (χ4v) is 3.44. The van der Waals surface area contributed by atoms with Gasteiger partial charge in [-0.3, -0.25) is 10.2 Å². The Hall–Kier alpha value is -1.81. The Morgan fingerprint density at radius 1 is 1.25 bits per heavy atom. The van der Waals surface area contributed by atoms with Crippen LogP contribution in [-0.4, -0.2) is 50.8 Å². The van der Waals surface area contributed by atoms with Gasteiger partial charge in [-0.05, 0) is 51.0 Å². The molecule has 1 aliphatic heterocycles. The van der Waals surface area contributed by atoms with Gasteiger partial charge in [0, 0.05) is 44.0 Å². The molecule has 6 heteroatoms. The number of benzene rings is 1. The summed E-state index contributed by atoms with van der Waals surface area (Å²) in [5.41, 5.74) is 7.05. The molecule has 1 aromatic rings. The number of anilines is 1. The number of hydrogen-bond acceptors (Lipinski definition) is 4. The number of piperazine rings is 1. The van der Waals surface area contributed by atoms with E-state index in [4.69, 9.17) is 4.74 Å². The summed E-state index contributed by atoms with van der Waals surface area (Å²) in [6, 6.07) is 4.02. The second kappa shape index (κ2) is 9.12. The zero-order valence-corrected chi connectivity index (χ0v) is 19.5. The highest BCUT2D eigenvalue weighted by Gasteiger charge is 2.18. The van der Waals surface area contributed by atoms with E-state index in [9.17, 15) is 4.79 Å². The molecule has 1 amide bonds. The number of hydrogen-bond donors (Lipinski definition) is 2. The number of nitrogens with one attached hydrogen (secondary N) is 2. The molecule has 0 aliphatic carbocycles. The molecule has 28 heavy (non-hydrogen) atoms. The van der Waals surface area contributed by atoms with Crippen LogP contribution in [-0.2, 0) is 11.3 Å². The van der Waals surface area contributed by atoms with Gasteiger partial charge in [0.2, 0.25) is 0 Å². The van der Waals surface area contributed by atoms with Gasteiger partial charge in [0.1, 0.15) is 13.7 Å². The van der Waals surface area contributed by atoms with E-state index < -0.39 is 19.8 Å². The lowest BCUT2D eigenvalue weighted by molar-refractivity contribution is 0.0636. The van der Waals surface area contributed by atoms with Crippen molar-refractivity contribution in [2.45, 2.75) is 59.5 Å². The molecule has 0 spiro atoms. The zero-order valence-electron chi connectivity index (χ0n) is 18.5. The van der Waals surface area contributed by atoms with Crippen LogP contribution >= 0.6 is 0 Å². The number of carbonyl (C=O) groups is 1. The van der Waals surface area contributed by atoms with Gasteiger partial charge in [-0.2, -0.15) is 0 Å². The summed E-state index contributed by atoms with van der Waals surface area (Å²) in [5, 5.41) is 6.28.